The molecule has 0 aromatic heterocycles. The molecule has 0 bridgehead atoms. The van der Waals surface area contributed by atoms with Crippen LogP contribution < -0.4 is 0 Å². The molecule has 0 saturated heterocycles. The lowest BCUT2D eigenvalue weighted by atomic mass is 10.1. The fourth-order valence-electron chi connectivity index (χ4n) is 1.33. The molecular weight excluding hydrogens is 140 g/mol. The minimum atomic E-state index is 0.796. The van der Waals surface area contributed by atoms with Gasteiger partial charge in [0.1, 0.15) is 0 Å². The minimum absolute atomic E-state index is 0.796. The summed E-state index contributed by atoms with van der Waals surface area (Å²) in [7, 11) is 0. The summed E-state index contributed by atoms with van der Waals surface area (Å²) in [6.45, 7) is 6.07. The van der Waals surface area contributed by atoms with Gasteiger partial charge >= 0.3 is 0 Å². The standard InChI is InChI=1S/C7H12S.C2H6/c1-6(8)7-4-2-3-5-7;1-2/h7H,2-5H2,1H3;1-2H3. The maximum atomic E-state index is 5.06. The first-order chi connectivity index (χ1) is 4.80. The van der Waals surface area contributed by atoms with E-state index in [2.05, 4.69) is 6.92 Å². The van der Waals surface area contributed by atoms with Gasteiger partial charge in [0.2, 0.25) is 0 Å². The first-order valence-corrected chi connectivity index (χ1v) is 4.72. The summed E-state index contributed by atoms with van der Waals surface area (Å²) in [5.41, 5.74) is 0. The molecule has 0 atom stereocenters. The lowest BCUT2D eigenvalue weighted by Gasteiger charge is -2.02. The van der Waals surface area contributed by atoms with Crippen molar-refractivity contribution in [3.63, 3.8) is 0 Å². The van der Waals surface area contributed by atoms with Gasteiger partial charge in [-0.1, -0.05) is 38.9 Å². The Morgan fingerprint density at radius 1 is 1.20 bits per heavy atom. The van der Waals surface area contributed by atoms with Crippen LogP contribution in [0.2, 0.25) is 0 Å². The lowest BCUT2D eigenvalue weighted by Crippen LogP contribution is -2.01. The van der Waals surface area contributed by atoms with Crippen molar-refractivity contribution in [2.75, 3.05) is 0 Å². The molecule has 1 aliphatic carbocycles. The molecule has 0 amide bonds. The third-order valence-corrected chi connectivity index (χ3v) is 2.26. The van der Waals surface area contributed by atoms with E-state index >= 15 is 0 Å². The second-order valence-corrected chi connectivity index (χ2v) is 3.24. The lowest BCUT2D eigenvalue weighted by molar-refractivity contribution is 0.736. The molecule has 0 radical (unpaired) electrons. The normalized spacial score (nSPS) is 17.9. The van der Waals surface area contributed by atoms with Crippen molar-refractivity contribution in [2.45, 2.75) is 46.5 Å². The molecule has 1 fully saturated rings. The molecule has 0 aromatic carbocycles. The number of hydrogen-bond acceptors (Lipinski definition) is 1. The third kappa shape index (κ3) is 3.31. The van der Waals surface area contributed by atoms with Crippen molar-refractivity contribution in [1.82, 2.24) is 0 Å². The first-order valence-electron chi connectivity index (χ1n) is 4.31. The van der Waals surface area contributed by atoms with Gasteiger partial charge in [-0.25, -0.2) is 0 Å². The Kier molecular flexibility index (Phi) is 5.90. The molecule has 0 nitrogen and oxygen atoms in total. The zero-order valence-electron chi connectivity index (χ0n) is 7.31. The van der Waals surface area contributed by atoms with Gasteiger partial charge in [-0.05, 0) is 30.5 Å². The summed E-state index contributed by atoms with van der Waals surface area (Å²) < 4.78 is 0. The highest BCUT2D eigenvalue weighted by Crippen LogP contribution is 2.25. The summed E-state index contributed by atoms with van der Waals surface area (Å²) in [6.07, 6.45) is 5.52. The predicted molar refractivity (Wildman–Crippen MR) is 51.6 cm³/mol. The molecule has 0 aliphatic heterocycles. The second-order valence-electron chi connectivity index (χ2n) is 2.59. The monoisotopic (exact) mass is 158 g/mol. The van der Waals surface area contributed by atoms with Crippen LogP contribution in [-0.2, 0) is 0 Å². The summed E-state index contributed by atoms with van der Waals surface area (Å²) >= 11 is 5.06. The molecule has 1 heteroatoms. The van der Waals surface area contributed by atoms with Gasteiger partial charge in [0.05, 0.1) is 0 Å². The SMILES string of the molecule is CC.CC(=S)C1CCCC1. The Hall–Kier alpha value is 0.0900. The highest BCUT2D eigenvalue weighted by Gasteiger charge is 2.15. The minimum Gasteiger partial charge on any atom is -0.0897 e. The Balaban J connectivity index is 0.000000371. The van der Waals surface area contributed by atoms with Crippen LogP contribution in [0.5, 0.6) is 0 Å². The van der Waals surface area contributed by atoms with E-state index in [1.807, 2.05) is 13.8 Å². The van der Waals surface area contributed by atoms with E-state index in [0.717, 1.165) is 5.92 Å². The Bertz CT molecular complexity index is 90.9. The summed E-state index contributed by atoms with van der Waals surface area (Å²) in [5.74, 6) is 0.796. The van der Waals surface area contributed by atoms with E-state index in [1.54, 1.807) is 0 Å². The van der Waals surface area contributed by atoms with Crippen molar-refractivity contribution < 1.29 is 0 Å². The van der Waals surface area contributed by atoms with Crippen LogP contribution in [0.25, 0.3) is 0 Å². The number of rotatable bonds is 1. The van der Waals surface area contributed by atoms with Crippen LogP contribution in [0.3, 0.4) is 0 Å². The molecular formula is C9H18S. The smallest absolute Gasteiger partial charge is 0.00716 e. The number of hydrogen-bond donors (Lipinski definition) is 0. The van der Waals surface area contributed by atoms with Crippen molar-refractivity contribution >= 4 is 17.1 Å². The van der Waals surface area contributed by atoms with E-state index in [-0.39, 0.29) is 0 Å². The van der Waals surface area contributed by atoms with Crippen LogP contribution in [0.15, 0.2) is 0 Å². The van der Waals surface area contributed by atoms with Gasteiger partial charge in [0, 0.05) is 0 Å². The van der Waals surface area contributed by atoms with Gasteiger partial charge in [0.25, 0.3) is 0 Å². The first kappa shape index (κ1) is 10.1. The van der Waals surface area contributed by atoms with E-state index in [1.165, 1.54) is 30.5 Å². The van der Waals surface area contributed by atoms with Crippen LogP contribution in [-0.4, -0.2) is 4.86 Å². The molecule has 0 spiro atoms. The molecule has 0 unspecified atom stereocenters. The maximum Gasteiger partial charge on any atom is -0.00716 e. The van der Waals surface area contributed by atoms with Gasteiger partial charge < -0.3 is 0 Å². The fourth-order valence-corrected chi connectivity index (χ4v) is 1.57. The summed E-state index contributed by atoms with van der Waals surface area (Å²) in [5, 5.41) is 0. The van der Waals surface area contributed by atoms with Crippen LogP contribution >= 0.6 is 12.2 Å². The molecule has 1 saturated carbocycles. The third-order valence-electron chi connectivity index (χ3n) is 1.93. The summed E-state index contributed by atoms with van der Waals surface area (Å²) in [6, 6.07) is 0. The zero-order chi connectivity index (χ0) is 7.98. The molecule has 0 N–H and O–H groups in total. The van der Waals surface area contributed by atoms with E-state index in [4.69, 9.17) is 12.2 Å². The maximum absolute atomic E-state index is 5.06. The molecule has 1 aliphatic rings. The topological polar surface area (TPSA) is 0 Å². The largest absolute Gasteiger partial charge is 0.0897 e. The van der Waals surface area contributed by atoms with Gasteiger partial charge in [-0.2, -0.15) is 0 Å². The van der Waals surface area contributed by atoms with Gasteiger partial charge in [-0.3, -0.25) is 0 Å². The van der Waals surface area contributed by atoms with Gasteiger partial charge in [0.15, 0.2) is 0 Å². The molecule has 0 heterocycles. The number of thiocarbonyl (C=S) groups is 1. The Labute approximate surface area is 70.0 Å². The molecule has 1 rings (SSSR count). The van der Waals surface area contributed by atoms with E-state index < -0.39 is 0 Å². The van der Waals surface area contributed by atoms with Crippen molar-refractivity contribution in [3.05, 3.63) is 0 Å². The van der Waals surface area contributed by atoms with Crippen molar-refractivity contribution in [2.24, 2.45) is 5.92 Å². The van der Waals surface area contributed by atoms with Crippen LogP contribution in [0, 0.1) is 5.92 Å². The molecule has 60 valence electrons. The fraction of sp³-hybridized carbons (Fsp3) is 0.889. The van der Waals surface area contributed by atoms with E-state index in [0.29, 0.717) is 0 Å². The van der Waals surface area contributed by atoms with E-state index in [9.17, 15) is 0 Å². The average Bonchev–Trinajstić information content (AvgIpc) is 2.42. The highest BCUT2D eigenvalue weighted by molar-refractivity contribution is 7.80. The van der Waals surface area contributed by atoms with Crippen molar-refractivity contribution in [3.8, 4) is 0 Å². The highest BCUT2D eigenvalue weighted by atomic mass is 32.1. The predicted octanol–water partition coefficient (Wildman–Crippen LogP) is 3.59. The van der Waals surface area contributed by atoms with Crippen molar-refractivity contribution in [1.29, 1.82) is 0 Å². The zero-order valence-corrected chi connectivity index (χ0v) is 8.13. The quantitative estimate of drug-likeness (QED) is 0.525. The average molecular weight is 158 g/mol. The summed E-state index contributed by atoms with van der Waals surface area (Å²) in [4.78, 5) is 1.22. The Morgan fingerprint density at radius 3 is 1.80 bits per heavy atom. The molecule has 10 heavy (non-hydrogen) atoms. The Morgan fingerprint density at radius 2 is 1.60 bits per heavy atom. The second kappa shape index (κ2) is 5.84. The van der Waals surface area contributed by atoms with Crippen LogP contribution in [0.4, 0.5) is 0 Å². The van der Waals surface area contributed by atoms with Gasteiger partial charge in [-0.15, -0.1) is 0 Å². The molecule has 0 aromatic rings. The van der Waals surface area contributed by atoms with Crippen LogP contribution in [0.1, 0.15) is 46.5 Å².